The number of carboxylic acid groups (broad SMARTS) is 1. The smallest absolute Gasteiger partial charge is 0.342 e. The van der Waals surface area contributed by atoms with Gasteiger partial charge in [-0.3, -0.25) is 0 Å². The van der Waals surface area contributed by atoms with Crippen molar-refractivity contribution in [3.8, 4) is 0 Å². The number of thioether (sulfide) groups is 1. The highest BCUT2D eigenvalue weighted by molar-refractivity contribution is 8.03. The topological polar surface area (TPSA) is 103 Å². The van der Waals surface area contributed by atoms with Crippen molar-refractivity contribution in [3.63, 3.8) is 0 Å². The molecule has 0 aliphatic carbocycles. The van der Waals surface area contributed by atoms with Crippen molar-refractivity contribution in [1.82, 2.24) is 10.2 Å². The van der Waals surface area contributed by atoms with Crippen molar-refractivity contribution in [1.29, 1.82) is 0 Å². The molecule has 0 fully saturated rings. The van der Waals surface area contributed by atoms with Crippen molar-refractivity contribution in [2.75, 3.05) is 7.11 Å². The number of rotatable bonds is 5. The minimum absolute atomic E-state index is 0.0227. The van der Waals surface area contributed by atoms with Crippen LogP contribution in [0, 0.1) is 6.92 Å². The normalized spacial score (nSPS) is 11.3. The Balaban J connectivity index is 2.22. The zero-order chi connectivity index (χ0) is 16.1. The van der Waals surface area contributed by atoms with Crippen molar-refractivity contribution in [2.45, 2.75) is 12.1 Å². The molecule has 8 heteroatoms. The van der Waals surface area contributed by atoms with Crippen molar-refractivity contribution < 1.29 is 23.8 Å². The molecule has 0 aliphatic rings. The number of aliphatic carboxylic acids is 1. The van der Waals surface area contributed by atoms with Gasteiger partial charge in [-0.15, -0.1) is 10.2 Å². The third-order valence-electron chi connectivity index (χ3n) is 2.55. The van der Waals surface area contributed by atoms with Crippen LogP contribution in [-0.2, 0) is 9.53 Å². The fourth-order valence-corrected chi connectivity index (χ4v) is 2.25. The Hall–Kier alpha value is -2.61. The van der Waals surface area contributed by atoms with Crippen LogP contribution in [0.1, 0.15) is 21.8 Å². The zero-order valence-electron chi connectivity index (χ0n) is 11.8. The number of aromatic nitrogens is 2. The van der Waals surface area contributed by atoms with Gasteiger partial charge in [-0.25, -0.2) is 9.59 Å². The molecule has 114 valence electrons. The molecular weight excluding hydrogens is 308 g/mol. The lowest BCUT2D eigenvalue weighted by atomic mass is 10.1. The maximum atomic E-state index is 11.3. The summed E-state index contributed by atoms with van der Waals surface area (Å²) in [6.07, 6.45) is 1.45. The lowest BCUT2D eigenvalue weighted by Crippen LogP contribution is -2.00. The van der Waals surface area contributed by atoms with Crippen LogP contribution in [0.5, 0.6) is 0 Å². The Bertz CT molecular complexity index is 721. The van der Waals surface area contributed by atoms with E-state index in [1.165, 1.54) is 13.2 Å². The predicted octanol–water partition coefficient (Wildman–Crippen LogP) is 2.38. The zero-order valence-corrected chi connectivity index (χ0v) is 12.6. The van der Waals surface area contributed by atoms with E-state index in [-0.39, 0.29) is 10.1 Å². The van der Waals surface area contributed by atoms with E-state index in [1.54, 1.807) is 31.2 Å². The van der Waals surface area contributed by atoms with Crippen molar-refractivity contribution in [2.24, 2.45) is 0 Å². The first-order valence-corrected chi connectivity index (χ1v) is 6.92. The molecule has 0 amide bonds. The van der Waals surface area contributed by atoms with Crippen molar-refractivity contribution >= 4 is 29.8 Å². The Morgan fingerprint density at radius 3 is 2.45 bits per heavy atom. The molecule has 0 atom stereocenters. The van der Waals surface area contributed by atoms with Crippen LogP contribution in [0.4, 0.5) is 0 Å². The molecule has 1 aromatic heterocycles. The minimum Gasteiger partial charge on any atom is -0.477 e. The molecule has 0 spiro atoms. The van der Waals surface area contributed by atoms with Gasteiger partial charge in [-0.2, -0.15) is 0 Å². The number of esters is 1. The van der Waals surface area contributed by atoms with Gasteiger partial charge in [-0.05, 0) is 35.5 Å². The van der Waals surface area contributed by atoms with Crippen LogP contribution in [0.2, 0.25) is 0 Å². The number of hydrogen-bond donors (Lipinski definition) is 1. The summed E-state index contributed by atoms with van der Waals surface area (Å²) in [7, 11) is 1.29. The predicted molar refractivity (Wildman–Crippen MR) is 78.3 cm³/mol. The second-order valence-corrected chi connectivity index (χ2v) is 5.11. The number of carbonyl (C=O) groups excluding carboxylic acids is 1. The lowest BCUT2D eigenvalue weighted by Gasteiger charge is -2.01. The molecule has 1 N–H and O–H groups in total. The molecule has 0 bridgehead atoms. The number of benzene rings is 1. The number of nitrogens with zero attached hydrogens (tertiary/aromatic N) is 2. The summed E-state index contributed by atoms with van der Waals surface area (Å²) in [6.45, 7) is 1.62. The quantitative estimate of drug-likeness (QED) is 0.509. The standard InChI is InChI=1S/C14H12N2O5S/c1-8-15-16-14(21-8)22-11(12(17)18)7-9-3-5-10(6-4-9)13(19)20-2/h3-7H,1-2H3,(H,17,18)/b11-7+. The van der Waals surface area contributed by atoms with Gasteiger partial charge in [0, 0.05) is 6.92 Å². The number of hydrogen-bond acceptors (Lipinski definition) is 7. The van der Waals surface area contributed by atoms with Gasteiger partial charge in [0.15, 0.2) is 0 Å². The Morgan fingerprint density at radius 1 is 1.27 bits per heavy atom. The van der Waals surface area contributed by atoms with Crippen LogP contribution in [-0.4, -0.2) is 34.4 Å². The Labute approximate surface area is 130 Å². The third kappa shape index (κ3) is 3.95. The molecule has 1 aromatic carbocycles. The summed E-state index contributed by atoms with van der Waals surface area (Å²) in [5.41, 5.74) is 1.01. The number of aryl methyl sites for hydroxylation is 1. The van der Waals surface area contributed by atoms with Gasteiger partial charge < -0.3 is 14.3 Å². The molecule has 0 aliphatic heterocycles. The SMILES string of the molecule is COC(=O)c1ccc(/C=C(/Sc2nnc(C)o2)C(=O)O)cc1. The van der Waals surface area contributed by atoms with Gasteiger partial charge in [0.05, 0.1) is 12.7 Å². The Kier molecular flexibility index (Phi) is 4.95. The average molecular weight is 320 g/mol. The second-order valence-electron chi connectivity index (χ2n) is 4.12. The highest BCUT2D eigenvalue weighted by Gasteiger charge is 2.14. The third-order valence-corrected chi connectivity index (χ3v) is 3.40. The van der Waals surface area contributed by atoms with E-state index >= 15 is 0 Å². The van der Waals surface area contributed by atoms with Crippen LogP contribution in [0.3, 0.4) is 0 Å². The number of carboxylic acids is 1. The average Bonchev–Trinajstić information content (AvgIpc) is 2.91. The molecule has 0 saturated heterocycles. The molecule has 2 rings (SSSR count). The molecule has 0 saturated carbocycles. The van der Waals surface area contributed by atoms with Crippen LogP contribution in [0.15, 0.2) is 38.8 Å². The van der Waals surface area contributed by atoms with Crippen molar-refractivity contribution in [3.05, 3.63) is 46.2 Å². The van der Waals surface area contributed by atoms with E-state index in [0.717, 1.165) is 11.8 Å². The van der Waals surface area contributed by atoms with E-state index in [9.17, 15) is 14.7 Å². The summed E-state index contributed by atoms with van der Waals surface area (Å²) in [5.74, 6) is -1.21. The second kappa shape index (κ2) is 6.90. The number of ether oxygens (including phenoxy) is 1. The van der Waals surface area contributed by atoms with E-state index in [1.807, 2.05) is 0 Å². The first kappa shape index (κ1) is 15.8. The highest BCUT2D eigenvalue weighted by atomic mass is 32.2. The van der Waals surface area contributed by atoms with Gasteiger partial charge in [0.1, 0.15) is 4.91 Å². The molecule has 22 heavy (non-hydrogen) atoms. The van der Waals surface area contributed by atoms with E-state index < -0.39 is 11.9 Å². The highest BCUT2D eigenvalue weighted by Crippen LogP contribution is 2.27. The Morgan fingerprint density at radius 2 is 1.95 bits per heavy atom. The van der Waals surface area contributed by atoms with E-state index in [0.29, 0.717) is 17.0 Å². The summed E-state index contributed by atoms with van der Waals surface area (Å²) in [6, 6.07) is 6.35. The minimum atomic E-state index is -1.11. The first-order valence-electron chi connectivity index (χ1n) is 6.11. The fourth-order valence-electron chi connectivity index (χ4n) is 1.53. The maximum absolute atomic E-state index is 11.3. The molecule has 2 aromatic rings. The summed E-state index contributed by atoms with van der Waals surface area (Å²) >= 11 is 0.857. The molecule has 0 radical (unpaired) electrons. The summed E-state index contributed by atoms with van der Waals surface area (Å²) < 4.78 is 9.74. The van der Waals surface area contributed by atoms with E-state index in [2.05, 4.69) is 14.9 Å². The maximum Gasteiger partial charge on any atom is 0.342 e. The van der Waals surface area contributed by atoms with Crippen LogP contribution in [0.25, 0.3) is 6.08 Å². The molecular formula is C14H12N2O5S. The van der Waals surface area contributed by atoms with E-state index in [4.69, 9.17) is 4.42 Å². The molecule has 1 heterocycles. The number of carbonyl (C=O) groups is 2. The van der Waals surface area contributed by atoms with Gasteiger partial charge in [-0.1, -0.05) is 12.1 Å². The molecule has 7 nitrogen and oxygen atoms in total. The van der Waals surface area contributed by atoms with Gasteiger partial charge in [0.25, 0.3) is 5.22 Å². The van der Waals surface area contributed by atoms with Crippen LogP contribution >= 0.6 is 11.8 Å². The number of methoxy groups -OCH3 is 1. The molecule has 0 unspecified atom stereocenters. The first-order chi connectivity index (χ1) is 10.5. The van der Waals surface area contributed by atoms with Crippen LogP contribution < -0.4 is 0 Å². The summed E-state index contributed by atoms with van der Waals surface area (Å²) in [5, 5.41) is 16.8. The largest absolute Gasteiger partial charge is 0.477 e. The monoisotopic (exact) mass is 320 g/mol. The lowest BCUT2D eigenvalue weighted by molar-refractivity contribution is -0.131. The van der Waals surface area contributed by atoms with Gasteiger partial charge >= 0.3 is 11.9 Å². The fraction of sp³-hybridized carbons (Fsp3) is 0.143. The van der Waals surface area contributed by atoms with Gasteiger partial charge in [0.2, 0.25) is 5.89 Å². The summed E-state index contributed by atoms with van der Waals surface area (Å²) in [4.78, 5) is 22.6.